The van der Waals surface area contributed by atoms with Crippen LogP contribution in [0.2, 0.25) is 0 Å². The van der Waals surface area contributed by atoms with Crippen LogP contribution in [0.15, 0.2) is 97.2 Å². The first kappa shape index (κ1) is 65.3. The van der Waals surface area contributed by atoms with Crippen molar-refractivity contribution in [2.75, 3.05) is 13.2 Å². The number of rotatable bonds is 51. The van der Waals surface area contributed by atoms with Crippen molar-refractivity contribution in [3.05, 3.63) is 97.2 Å². The van der Waals surface area contributed by atoms with Gasteiger partial charge in [-0.25, -0.2) is 0 Å². The van der Waals surface area contributed by atoms with Crippen LogP contribution in [0.5, 0.6) is 0 Å². The van der Waals surface area contributed by atoms with Crippen LogP contribution in [-0.2, 0) is 28.6 Å². The van der Waals surface area contributed by atoms with E-state index in [9.17, 15) is 14.4 Å². The number of unbranched alkanes of at least 4 members (excludes halogenated alkanes) is 24. The zero-order valence-corrected chi connectivity index (χ0v) is 45.0. The highest BCUT2D eigenvalue weighted by molar-refractivity contribution is 5.71. The van der Waals surface area contributed by atoms with Crippen LogP contribution >= 0.6 is 0 Å². The average Bonchev–Trinajstić information content (AvgIpc) is 3.35. The summed E-state index contributed by atoms with van der Waals surface area (Å²) in [6.45, 7) is 6.42. The van der Waals surface area contributed by atoms with Crippen molar-refractivity contribution in [3.8, 4) is 0 Å². The third-order valence-electron chi connectivity index (χ3n) is 12.1. The van der Waals surface area contributed by atoms with E-state index in [1.807, 2.05) is 0 Å². The van der Waals surface area contributed by atoms with Gasteiger partial charge in [-0.1, -0.05) is 240 Å². The summed E-state index contributed by atoms with van der Waals surface area (Å²) in [5.74, 6) is -0.916. The molecule has 0 heterocycles. The molecule has 69 heavy (non-hydrogen) atoms. The van der Waals surface area contributed by atoms with Gasteiger partial charge in [-0.15, -0.1) is 0 Å². The van der Waals surface area contributed by atoms with Gasteiger partial charge in [-0.05, 0) is 103 Å². The van der Waals surface area contributed by atoms with Gasteiger partial charge < -0.3 is 14.2 Å². The number of hydrogen-bond acceptors (Lipinski definition) is 6. The molecule has 394 valence electrons. The van der Waals surface area contributed by atoms with Crippen molar-refractivity contribution in [3.63, 3.8) is 0 Å². The molecule has 1 atom stereocenters. The minimum absolute atomic E-state index is 0.0850. The van der Waals surface area contributed by atoms with E-state index in [1.54, 1.807) is 0 Å². The van der Waals surface area contributed by atoms with E-state index in [4.69, 9.17) is 14.2 Å². The highest BCUT2D eigenvalue weighted by Gasteiger charge is 2.19. The number of ether oxygens (including phenoxy) is 3. The smallest absolute Gasteiger partial charge is 0.306 e. The summed E-state index contributed by atoms with van der Waals surface area (Å²) in [5, 5.41) is 0. The van der Waals surface area contributed by atoms with Crippen molar-refractivity contribution in [1.82, 2.24) is 0 Å². The zero-order chi connectivity index (χ0) is 50.0. The van der Waals surface area contributed by atoms with Gasteiger partial charge in [-0.2, -0.15) is 0 Å². The minimum Gasteiger partial charge on any atom is -0.462 e. The summed E-state index contributed by atoms with van der Waals surface area (Å²) >= 11 is 0. The molecule has 0 rings (SSSR count). The van der Waals surface area contributed by atoms with Crippen LogP contribution in [0.1, 0.15) is 265 Å². The molecule has 0 aliphatic heterocycles. The molecule has 0 aromatic heterocycles. The summed E-state index contributed by atoms with van der Waals surface area (Å²) in [5.41, 5.74) is 0. The molecule has 0 radical (unpaired) electrons. The maximum absolute atomic E-state index is 12.8. The largest absolute Gasteiger partial charge is 0.462 e. The Morgan fingerprint density at radius 1 is 0.304 bits per heavy atom. The SMILES string of the molecule is CC/C=C\C/C=C\C/C=C\C/C=C\C/C=C\C/C=C\CCCCCCCCC(=O)OCC(COC(=O)CCCCCCC)OC(=O)CCCCCCCCCCC/C=C\C/C=C\CCCCCCC. The molecule has 0 aliphatic rings. The van der Waals surface area contributed by atoms with Gasteiger partial charge in [0.25, 0.3) is 0 Å². The van der Waals surface area contributed by atoms with E-state index in [1.165, 1.54) is 103 Å². The second-order valence-electron chi connectivity index (χ2n) is 18.8. The summed E-state index contributed by atoms with van der Waals surface area (Å²) in [4.78, 5) is 37.8. The Hall–Kier alpha value is -3.67. The molecular weight excluding hydrogens is 853 g/mol. The molecule has 0 aromatic carbocycles. The first-order valence-corrected chi connectivity index (χ1v) is 28.7. The summed E-state index contributed by atoms with van der Waals surface area (Å²) < 4.78 is 16.7. The lowest BCUT2D eigenvalue weighted by Gasteiger charge is -2.18. The van der Waals surface area contributed by atoms with Gasteiger partial charge in [0.15, 0.2) is 6.10 Å². The standard InChI is InChI=1S/C63H106O6/c1-4-7-10-13-15-17-19-21-23-25-27-29-30-31-32-34-35-37-39-41-43-45-47-50-53-56-62(65)68-59-60(58-67-61(64)55-52-49-12-9-6-3)69-63(66)57-54-51-48-46-44-42-40-38-36-33-28-26-24-22-20-18-16-14-11-8-5-2/h7,10,15,17,20-23,26-29,31-32,35,37,60H,4-6,8-9,11-14,16,18-19,24-25,30,33-34,36,38-59H2,1-3H3/b10-7-,17-15-,22-20-,23-21-,28-26-,29-27-,32-31-,37-35-. The maximum atomic E-state index is 12.8. The molecule has 6 heteroatoms. The van der Waals surface area contributed by atoms with E-state index in [-0.39, 0.29) is 31.1 Å². The molecule has 1 unspecified atom stereocenters. The average molecular weight is 960 g/mol. The van der Waals surface area contributed by atoms with Crippen LogP contribution in [0, 0.1) is 0 Å². The quantitative estimate of drug-likeness (QED) is 0.0262. The number of allylic oxidation sites excluding steroid dienone is 16. The van der Waals surface area contributed by atoms with E-state index < -0.39 is 6.10 Å². The Balaban J connectivity index is 4.16. The van der Waals surface area contributed by atoms with Gasteiger partial charge in [-0.3, -0.25) is 14.4 Å². The highest BCUT2D eigenvalue weighted by atomic mass is 16.6. The first-order chi connectivity index (χ1) is 34.0. The molecule has 0 aromatic rings. The number of carbonyl (C=O) groups excluding carboxylic acids is 3. The Labute approximate surface area is 426 Å². The Morgan fingerprint density at radius 2 is 0.565 bits per heavy atom. The molecule has 0 bridgehead atoms. The number of esters is 3. The summed E-state index contributed by atoms with van der Waals surface area (Å²) in [7, 11) is 0. The van der Waals surface area contributed by atoms with Gasteiger partial charge >= 0.3 is 17.9 Å². The van der Waals surface area contributed by atoms with Crippen molar-refractivity contribution in [2.24, 2.45) is 0 Å². The number of hydrogen-bond donors (Lipinski definition) is 0. The fourth-order valence-electron chi connectivity index (χ4n) is 7.77. The molecule has 0 saturated carbocycles. The predicted octanol–water partition coefficient (Wildman–Crippen LogP) is 19.3. The molecule has 0 fully saturated rings. The summed E-state index contributed by atoms with van der Waals surface area (Å²) in [6, 6.07) is 0. The van der Waals surface area contributed by atoms with Crippen LogP contribution in [0.25, 0.3) is 0 Å². The van der Waals surface area contributed by atoms with Crippen LogP contribution < -0.4 is 0 Å². The highest BCUT2D eigenvalue weighted by Crippen LogP contribution is 2.15. The van der Waals surface area contributed by atoms with Gasteiger partial charge in [0, 0.05) is 19.3 Å². The van der Waals surface area contributed by atoms with Gasteiger partial charge in [0.1, 0.15) is 13.2 Å². The Morgan fingerprint density at radius 3 is 0.884 bits per heavy atom. The molecule has 0 amide bonds. The van der Waals surface area contributed by atoms with Crippen LogP contribution in [-0.4, -0.2) is 37.2 Å². The van der Waals surface area contributed by atoms with Crippen molar-refractivity contribution < 1.29 is 28.6 Å². The Bertz CT molecular complexity index is 1380. The Kier molecular flexibility index (Phi) is 53.9. The molecule has 0 aliphatic carbocycles. The fourth-order valence-corrected chi connectivity index (χ4v) is 7.77. The third-order valence-corrected chi connectivity index (χ3v) is 12.1. The molecular formula is C63H106O6. The lowest BCUT2D eigenvalue weighted by molar-refractivity contribution is -0.167. The lowest BCUT2D eigenvalue weighted by atomic mass is 10.1. The van der Waals surface area contributed by atoms with E-state index >= 15 is 0 Å². The molecule has 0 spiro atoms. The van der Waals surface area contributed by atoms with Crippen molar-refractivity contribution in [2.45, 2.75) is 271 Å². The zero-order valence-electron chi connectivity index (χ0n) is 45.0. The van der Waals surface area contributed by atoms with Gasteiger partial charge in [0.05, 0.1) is 0 Å². The number of carbonyl (C=O) groups is 3. The summed E-state index contributed by atoms with van der Waals surface area (Å²) in [6.07, 6.45) is 75.8. The monoisotopic (exact) mass is 959 g/mol. The fraction of sp³-hybridized carbons (Fsp3) is 0.698. The van der Waals surface area contributed by atoms with Gasteiger partial charge in [0.2, 0.25) is 0 Å². The second-order valence-corrected chi connectivity index (χ2v) is 18.8. The van der Waals surface area contributed by atoms with Crippen molar-refractivity contribution in [1.29, 1.82) is 0 Å². The maximum Gasteiger partial charge on any atom is 0.306 e. The predicted molar refractivity (Wildman–Crippen MR) is 297 cm³/mol. The normalized spacial score (nSPS) is 12.8. The second kappa shape index (κ2) is 56.9. The van der Waals surface area contributed by atoms with Crippen molar-refractivity contribution >= 4 is 17.9 Å². The van der Waals surface area contributed by atoms with E-state index in [0.29, 0.717) is 19.3 Å². The van der Waals surface area contributed by atoms with E-state index in [2.05, 4.69) is 118 Å². The molecule has 0 saturated heterocycles. The minimum atomic E-state index is -0.783. The lowest BCUT2D eigenvalue weighted by Crippen LogP contribution is -2.30. The van der Waals surface area contributed by atoms with E-state index in [0.717, 1.165) is 122 Å². The first-order valence-electron chi connectivity index (χ1n) is 28.7. The molecule has 0 N–H and O–H groups in total. The molecule has 6 nitrogen and oxygen atoms in total. The van der Waals surface area contributed by atoms with Crippen LogP contribution in [0.4, 0.5) is 0 Å². The topological polar surface area (TPSA) is 78.9 Å². The van der Waals surface area contributed by atoms with Crippen LogP contribution in [0.3, 0.4) is 0 Å². The third kappa shape index (κ3) is 55.1.